The van der Waals surface area contributed by atoms with Crippen LogP contribution in [-0.4, -0.2) is 37.2 Å². The van der Waals surface area contributed by atoms with Crippen LogP contribution in [0.5, 0.6) is 5.75 Å². The molecular formula is C14H20N2O2. The fraction of sp³-hybridized carbons (Fsp3) is 0.500. The third kappa shape index (κ3) is 3.23. The van der Waals surface area contributed by atoms with E-state index >= 15 is 0 Å². The molecule has 1 fully saturated rings. The number of nitrogens with one attached hydrogen (secondary N) is 1. The van der Waals surface area contributed by atoms with Crippen molar-refractivity contribution in [3.8, 4) is 5.75 Å². The average Bonchev–Trinajstić information content (AvgIpc) is 2.41. The van der Waals surface area contributed by atoms with Gasteiger partial charge in [0.15, 0.2) is 0 Å². The number of hydrogen-bond acceptors (Lipinski definition) is 3. The quantitative estimate of drug-likeness (QED) is 0.892. The summed E-state index contributed by atoms with van der Waals surface area (Å²) in [6.07, 6.45) is 3.05. The Labute approximate surface area is 108 Å². The first-order valence-electron chi connectivity index (χ1n) is 6.49. The third-order valence-corrected chi connectivity index (χ3v) is 3.25. The predicted molar refractivity (Wildman–Crippen MR) is 70.7 cm³/mol. The van der Waals surface area contributed by atoms with Gasteiger partial charge < -0.3 is 15.0 Å². The molecule has 0 aromatic heterocycles. The minimum Gasteiger partial charge on any atom is -0.410 e. The normalized spacial score (nSPS) is 19.6. The van der Waals surface area contributed by atoms with Crippen molar-refractivity contribution in [2.75, 3.05) is 20.1 Å². The van der Waals surface area contributed by atoms with Crippen molar-refractivity contribution in [1.29, 1.82) is 0 Å². The molecule has 18 heavy (non-hydrogen) atoms. The standard InChI is InChI=1S/C14H20N2O2/c1-15-11-12-7-5-6-10-16(12)14(17)18-13-8-3-2-4-9-13/h2-4,8-9,12,15H,5-7,10-11H2,1H3. The van der Waals surface area contributed by atoms with E-state index in [0.29, 0.717) is 5.75 Å². The lowest BCUT2D eigenvalue weighted by molar-refractivity contribution is 0.113. The van der Waals surface area contributed by atoms with Crippen molar-refractivity contribution in [2.45, 2.75) is 25.3 Å². The molecule has 1 saturated heterocycles. The summed E-state index contributed by atoms with van der Waals surface area (Å²) in [7, 11) is 1.91. The summed E-state index contributed by atoms with van der Waals surface area (Å²) in [5.74, 6) is 0.608. The van der Waals surface area contributed by atoms with Crippen LogP contribution in [0.25, 0.3) is 0 Å². The van der Waals surface area contributed by atoms with Gasteiger partial charge in [0.2, 0.25) is 0 Å². The molecule has 1 aliphatic rings. The molecule has 1 heterocycles. The second-order valence-corrected chi connectivity index (χ2v) is 4.58. The molecule has 0 saturated carbocycles. The van der Waals surface area contributed by atoms with Crippen molar-refractivity contribution >= 4 is 6.09 Å². The van der Waals surface area contributed by atoms with Crippen LogP contribution < -0.4 is 10.1 Å². The smallest absolute Gasteiger partial charge is 0.410 e. The van der Waals surface area contributed by atoms with E-state index in [2.05, 4.69) is 5.32 Å². The van der Waals surface area contributed by atoms with Crippen molar-refractivity contribution in [3.05, 3.63) is 30.3 Å². The Hall–Kier alpha value is -1.55. The second kappa shape index (κ2) is 6.40. The molecule has 1 aromatic carbocycles. The number of benzene rings is 1. The van der Waals surface area contributed by atoms with E-state index in [1.807, 2.05) is 30.1 Å². The van der Waals surface area contributed by atoms with Crippen LogP contribution in [0.4, 0.5) is 4.79 Å². The number of rotatable bonds is 3. The Kier molecular flexibility index (Phi) is 4.59. The molecule has 0 spiro atoms. The van der Waals surface area contributed by atoms with E-state index in [0.717, 1.165) is 25.9 Å². The summed E-state index contributed by atoms with van der Waals surface area (Å²) in [5.41, 5.74) is 0. The lowest BCUT2D eigenvalue weighted by Gasteiger charge is -2.34. The van der Waals surface area contributed by atoms with Crippen LogP contribution in [0, 0.1) is 0 Å². The number of likely N-dealkylation sites (N-methyl/N-ethyl adjacent to an activating group) is 1. The van der Waals surface area contributed by atoms with Crippen LogP contribution in [0.2, 0.25) is 0 Å². The highest BCUT2D eigenvalue weighted by Gasteiger charge is 2.27. The molecule has 1 aliphatic heterocycles. The van der Waals surface area contributed by atoms with Gasteiger partial charge in [0.1, 0.15) is 5.75 Å². The van der Waals surface area contributed by atoms with Crippen LogP contribution >= 0.6 is 0 Å². The maximum atomic E-state index is 12.1. The first kappa shape index (κ1) is 12.9. The minimum absolute atomic E-state index is 0.235. The van der Waals surface area contributed by atoms with Gasteiger partial charge in [-0.05, 0) is 38.4 Å². The maximum Gasteiger partial charge on any atom is 0.415 e. The zero-order chi connectivity index (χ0) is 12.8. The first-order chi connectivity index (χ1) is 8.81. The number of ether oxygens (including phenoxy) is 1. The topological polar surface area (TPSA) is 41.6 Å². The SMILES string of the molecule is CNCC1CCCCN1C(=O)Oc1ccccc1. The highest BCUT2D eigenvalue weighted by Crippen LogP contribution is 2.19. The number of hydrogen-bond donors (Lipinski definition) is 1. The molecule has 0 bridgehead atoms. The lowest BCUT2D eigenvalue weighted by atomic mass is 10.0. The van der Waals surface area contributed by atoms with Gasteiger partial charge in [0, 0.05) is 19.1 Å². The number of carbonyl (C=O) groups excluding carboxylic acids is 1. The summed E-state index contributed by atoms with van der Waals surface area (Å²) in [6, 6.07) is 9.49. The Morgan fingerprint density at radius 1 is 1.39 bits per heavy atom. The van der Waals surface area contributed by atoms with Crippen molar-refractivity contribution in [3.63, 3.8) is 0 Å². The van der Waals surface area contributed by atoms with Gasteiger partial charge in [0.05, 0.1) is 0 Å². The number of amides is 1. The van der Waals surface area contributed by atoms with E-state index in [9.17, 15) is 4.79 Å². The fourth-order valence-electron chi connectivity index (χ4n) is 2.34. The molecule has 0 radical (unpaired) electrons. The second-order valence-electron chi connectivity index (χ2n) is 4.58. The zero-order valence-electron chi connectivity index (χ0n) is 10.8. The third-order valence-electron chi connectivity index (χ3n) is 3.25. The predicted octanol–water partition coefficient (Wildman–Crippen LogP) is 2.26. The summed E-state index contributed by atoms with van der Waals surface area (Å²) in [4.78, 5) is 14.0. The van der Waals surface area contributed by atoms with Gasteiger partial charge >= 0.3 is 6.09 Å². The van der Waals surface area contributed by atoms with Crippen LogP contribution in [-0.2, 0) is 0 Å². The van der Waals surface area contributed by atoms with E-state index < -0.39 is 0 Å². The van der Waals surface area contributed by atoms with Gasteiger partial charge in [-0.25, -0.2) is 4.79 Å². The minimum atomic E-state index is -0.235. The fourth-order valence-corrected chi connectivity index (χ4v) is 2.34. The van der Waals surface area contributed by atoms with Gasteiger partial charge in [-0.1, -0.05) is 18.2 Å². The zero-order valence-corrected chi connectivity index (χ0v) is 10.8. The van der Waals surface area contributed by atoms with Gasteiger partial charge in [-0.15, -0.1) is 0 Å². The molecule has 1 unspecified atom stereocenters. The largest absolute Gasteiger partial charge is 0.415 e. The summed E-state index contributed by atoms with van der Waals surface area (Å²) in [5, 5.41) is 3.14. The maximum absolute atomic E-state index is 12.1. The van der Waals surface area contributed by atoms with E-state index in [1.54, 1.807) is 12.1 Å². The molecule has 1 N–H and O–H groups in total. The molecule has 1 aromatic rings. The van der Waals surface area contributed by atoms with Gasteiger partial charge in [-0.2, -0.15) is 0 Å². The van der Waals surface area contributed by atoms with Crippen LogP contribution in [0.1, 0.15) is 19.3 Å². The number of carbonyl (C=O) groups is 1. The number of para-hydroxylation sites is 1. The van der Waals surface area contributed by atoms with Gasteiger partial charge in [0.25, 0.3) is 0 Å². The molecule has 1 atom stereocenters. The van der Waals surface area contributed by atoms with Crippen LogP contribution in [0.3, 0.4) is 0 Å². The Bertz CT molecular complexity index is 379. The van der Waals surface area contributed by atoms with Crippen molar-refractivity contribution in [1.82, 2.24) is 10.2 Å². The van der Waals surface area contributed by atoms with E-state index in [4.69, 9.17) is 4.74 Å². The molecule has 2 rings (SSSR count). The first-order valence-corrected chi connectivity index (χ1v) is 6.49. The number of nitrogens with zero attached hydrogens (tertiary/aromatic N) is 1. The summed E-state index contributed by atoms with van der Waals surface area (Å²) in [6.45, 7) is 1.61. The van der Waals surface area contributed by atoms with E-state index in [-0.39, 0.29) is 12.1 Å². The molecule has 4 nitrogen and oxygen atoms in total. The summed E-state index contributed by atoms with van der Waals surface area (Å²) < 4.78 is 5.39. The molecule has 0 aliphatic carbocycles. The Balaban J connectivity index is 1.98. The molecule has 98 valence electrons. The van der Waals surface area contributed by atoms with Crippen molar-refractivity contribution < 1.29 is 9.53 Å². The molecule has 1 amide bonds. The van der Waals surface area contributed by atoms with Crippen LogP contribution in [0.15, 0.2) is 30.3 Å². The monoisotopic (exact) mass is 248 g/mol. The Morgan fingerprint density at radius 3 is 2.89 bits per heavy atom. The number of likely N-dealkylation sites (tertiary alicyclic amines) is 1. The Morgan fingerprint density at radius 2 is 2.17 bits per heavy atom. The molecular weight excluding hydrogens is 228 g/mol. The lowest BCUT2D eigenvalue weighted by Crippen LogP contribution is -2.49. The summed E-state index contributed by atoms with van der Waals surface area (Å²) >= 11 is 0. The van der Waals surface area contributed by atoms with Crippen molar-refractivity contribution in [2.24, 2.45) is 0 Å². The van der Waals surface area contributed by atoms with E-state index in [1.165, 1.54) is 6.42 Å². The average molecular weight is 248 g/mol. The van der Waals surface area contributed by atoms with Gasteiger partial charge in [-0.3, -0.25) is 0 Å². The highest BCUT2D eigenvalue weighted by atomic mass is 16.6. The number of piperidine rings is 1. The highest BCUT2D eigenvalue weighted by molar-refractivity contribution is 5.71. The molecule has 4 heteroatoms.